The van der Waals surface area contributed by atoms with E-state index in [2.05, 4.69) is 5.32 Å². The highest BCUT2D eigenvalue weighted by atomic mass is 35.5. The molecule has 1 saturated heterocycles. The molecule has 1 amide bonds. The predicted molar refractivity (Wildman–Crippen MR) is 113 cm³/mol. The first-order valence-corrected chi connectivity index (χ1v) is 11.3. The average molecular weight is 421 g/mol. The summed E-state index contributed by atoms with van der Waals surface area (Å²) in [4.78, 5) is 12.7. The Kier molecular flexibility index (Phi) is 6.43. The summed E-state index contributed by atoms with van der Waals surface area (Å²) in [7, 11) is -3.48. The third kappa shape index (κ3) is 4.93. The second-order valence-electron chi connectivity index (χ2n) is 7.33. The van der Waals surface area contributed by atoms with E-state index in [4.69, 9.17) is 11.6 Å². The molecular formula is C21H25ClN2O3S. The molecule has 3 rings (SSSR count). The van der Waals surface area contributed by atoms with Gasteiger partial charge in [-0.15, -0.1) is 0 Å². The fourth-order valence-electron chi connectivity index (χ4n) is 3.38. The minimum atomic E-state index is -3.48. The molecule has 2 aromatic carbocycles. The number of halogens is 1. The summed E-state index contributed by atoms with van der Waals surface area (Å²) < 4.78 is 27.2. The van der Waals surface area contributed by atoms with Crippen molar-refractivity contribution in [2.75, 3.05) is 18.4 Å². The SMILES string of the molecule is Cc1ccc(NC(=O)C2CCCN(S(=O)(=O)Cc3ccccc3C)C2)cc1Cl. The molecule has 1 aliphatic rings. The molecule has 28 heavy (non-hydrogen) atoms. The van der Waals surface area contributed by atoms with Gasteiger partial charge in [-0.25, -0.2) is 12.7 Å². The Morgan fingerprint density at radius 2 is 1.93 bits per heavy atom. The van der Waals surface area contributed by atoms with E-state index in [1.54, 1.807) is 12.1 Å². The number of carbonyl (C=O) groups is 1. The van der Waals surface area contributed by atoms with E-state index in [-0.39, 0.29) is 24.1 Å². The number of sulfonamides is 1. The summed E-state index contributed by atoms with van der Waals surface area (Å²) in [5.41, 5.74) is 3.31. The standard InChI is InChI=1S/C21H25ClN2O3S/c1-15-6-3-4-7-18(15)14-28(26,27)24-11-5-8-17(13-24)21(25)23-19-10-9-16(2)20(22)12-19/h3-4,6-7,9-10,12,17H,5,8,11,13-14H2,1-2H3,(H,23,25). The summed E-state index contributed by atoms with van der Waals surface area (Å²) in [5.74, 6) is -0.585. The molecule has 1 fully saturated rings. The van der Waals surface area contributed by atoms with E-state index in [0.29, 0.717) is 30.1 Å². The van der Waals surface area contributed by atoms with Crippen LogP contribution in [0.5, 0.6) is 0 Å². The fourth-order valence-corrected chi connectivity index (χ4v) is 5.28. The molecule has 1 heterocycles. The van der Waals surface area contributed by atoms with Gasteiger partial charge in [0.05, 0.1) is 11.7 Å². The van der Waals surface area contributed by atoms with Crippen LogP contribution in [0.25, 0.3) is 0 Å². The topological polar surface area (TPSA) is 66.5 Å². The zero-order valence-corrected chi connectivity index (χ0v) is 17.7. The summed E-state index contributed by atoms with van der Waals surface area (Å²) >= 11 is 6.12. The predicted octanol–water partition coefficient (Wildman–Crippen LogP) is 4.14. The number of benzene rings is 2. The van der Waals surface area contributed by atoms with Gasteiger partial charge in [0.1, 0.15) is 0 Å². The number of amides is 1. The van der Waals surface area contributed by atoms with E-state index in [9.17, 15) is 13.2 Å². The van der Waals surface area contributed by atoms with Crippen molar-refractivity contribution in [3.63, 3.8) is 0 Å². The van der Waals surface area contributed by atoms with E-state index in [1.165, 1.54) is 4.31 Å². The molecule has 1 atom stereocenters. The Labute approximate surface area is 171 Å². The van der Waals surface area contributed by atoms with Gasteiger partial charge in [-0.2, -0.15) is 0 Å². The van der Waals surface area contributed by atoms with Crippen molar-refractivity contribution in [3.8, 4) is 0 Å². The van der Waals surface area contributed by atoms with Crippen LogP contribution in [-0.4, -0.2) is 31.7 Å². The van der Waals surface area contributed by atoms with E-state index in [1.807, 2.05) is 44.2 Å². The third-order valence-corrected chi connectivity index (χ3v) is 7.39. The third-order valence-electron chi connectivity index (χ3n) is 5.19. The Balaban J connectivity index is 1.68. The zero-order valence-electron chi connectivity index (χ0n) is 16.1. The maximum atomic E-state index is 12.9. The molecule has 2 aromatic rings. The second kappa shape index (κ2) is 8.64. The second-order valence-corrected chi connectivity index (χ2v) is 9.71. The molecule has 0 saturated carbocycles. The quantitative estimate of drug-likeness (QED) is 0.790. The van der Waals surface area contributed by atoms with Gasteiger partial charge in [-0.3, -0.25) is 4.79 Å². The molecule has 1 aliphatic heterocycles. The number of rotatable bonds is 5. The molecule has 150 valence electrons. The molecule has 1 unspecified atom stereocenters. The monoisotopic (exact) mass is 420 g/mol. The number of anilines is 1. The lowest BCUT2D eigenvalue weighted by Crippen LogP contribution is -2.44. The first kappa shape index (κ1) is 20.8. The molecule has 5 nitrogen and oxygen atoms in total. The van der Waals surface area contributed by atoms with E-state index < -0.39 is 10.0 Å². The lowest BCUT2D eigenvalue weighted by Gasteiger charge is -2.31. The van der Waals surface area contributed by atoms with Crippen LogP contribution in [0.15, 0.2) is 42.5 Å². The van der Waals surface area contributed by atoms with Gasteiger partial charge in [0.15, 0.2) is 0 Å². The molecule has 1 N–H and O–H groups in total. The van der Waals surface area contributed by atoms with Gasteiger partial charge in [0, 0.05) is 23.8 Å². The van der Waals surface area contributed by atoms with Crippen molar-refractivity contribution in [1.29, 1.82) is 0 Å². The van der Waals surface area contributed by atoms with Crippen molar-refractivity contribution < 1.29 is 13.2 Å². The van der Waals surface area contributed by atoms with Gasteiger partial charge >= 0.3 is 0 Å². The van der Waals surface area contributed by atoms with Crippen molar-refractivity contribution in [2.45, 2.75) is 32.4 Å². The van der Waals surface area contributed by atoms with Crippen LogP contribution in [0.2, 0.25) is 5.02 Å². The Hall–Kier alpha value is -1.89. The van der Waals surface area contributed by atoms with Crippen LogP contribution >= 0.6 is 11.6 Å². The van der Waals surface area contributed by atoms with E-state index >= 15 is 0 Å². The maximum absolute atomic E-state index is 12.9. The van der Waals surface area contributed by atoms with Crippen molar-refractivity contribution in [1.82, 2.24) is 4.31 Å². The normalized spacial score (nSPS) is 18.0. The van der Waals surface area contributed by atoms with E-state index in [0.717, 1.165) is 16.7 Å². The van der Waals surface area contributed by atoms with Crippen molar-refractivity contribution >= 4 is 33.2 Å². The highest BCUT2D eigenvalue weighted by Gasteiger charge is 2.32. The number of piperidine rings is 1. The zero-order chi connectivity index (χ0) is 20.3. The number of aryl methyl sites for hydroxylation is 2. The maximum Gasteiger partial charge on any atom is 0.228 e. The first-order valence-electron chi connectivity index (χ1n) is 9.35. The molecule has 0 spiro atoms. The first-order chi connectivity index (χ1) is 13.3. The smallest absolute Gasteiger partial charge is 0.228 e. The summed E-state index contributed by atoms with van der Waals surface area (Å²) in [6, 6.07) is 12.8. The number of carbonyl (C=O) groups excluding carboxylic acids is 1. The Morgan fingerprint density at radius 3 is 2.64 bits per heavy atom. The number of hydrogen-bond acceptors (Lipinski definition) is 3. The van der Waals surface area contributed by atoms with Crippen molar-refractivity contribution in [3.05, 3.63) is 64.2 Å². The molecule has 0 aliphatic carbocycles. The van der Waals surface area contributed by atoms with Crippen LogP contribution in [0, 0.1) is 19.8 Å². The van der Waals surface area contributed by atoms with Gasteiger partial charge in [0.25, 0.3) is 0 Å². The fraction of sp³-hybridized carbons (Fsp3) is 0.381. The average Bonchev–Trinajstić information content (AvgIpc) is 2.66. The van der Waals surface area contributed by atoms with Gasteiger partial charge in [-0.1, -0.05) is 41.9 Å². The summed E-state index contributed by atoms with van der Waals surface area (Å²) in [6.07, 6.45) is 1.33. The molecule has 7 heteroatoms. The summed E-state index contributed by atoms with van der Waals surface area (Å²) in [6.45, 7) is 4.46. The van der Waals surface area contributed by atoms with Crippen molar-refractivity contribution in [2.24, 2.45) is 5.92 Å². The minimum Gasteiger partial charge on any atom is -0.326 e. The number of hydrogen-bond donors (Lipinski definition) is 1. The highest BCUT2D eigenvalue weighted by molar-refractivity contribution is 7.88. The summed E-state index contributed by atoms with van der Waals surface area (Å²) in [5, 5.41) is 3.45. The van der Waals surface area contributed by atoms with Gasteiger partial charge in [0.2, 0.25) is 15.9 Å². The molecular weight excluding hydrogens is 396 g/mol. The minimum absolute atomic E-state index is 0.0401. The molecule has 0 aromatic heterocycles. The van der Waals surface area contributed by atoms with Gasteiger partial charge < -0.3 is 5.32 Å². The van der Waals surface area contributed by atoms with Crippen LogP contribution in [0.3, 0.4) is 0 Å². The van der Waals surface area contributed by atoms with Crippen LogP contribution in [0.4, 0.5) is 5.69 Å². The highest BCUT2D eigenvalue weighted by Crippen LogP contribution is 2.25. The number of nitrogens with one attached hydrogen (secondary N) is 1. The van der Waals surface area contributed by atoms with Crippen LogP contribution in [0.1, 0.15) is 29.5 Å². The molecule has 0 bridgehead atoms. The van der Waals surface area contributed by atoms with Crippen LogP contribution < -0.4 is 5.32 Å². The largest absolute Gasteiger partial charge is 0.326 e. The Bertz CT molecular complexity index is 975. The lowest BCUT2D eigenvalue weighted by atomic mass is 9.98. The van der Waals surface area contributed by atoms with Crippen LogP contribution in [-0.2, 0) is 20.6 Å². The van der Waals surface area contributed by atoms with Gasteiger partial charge in [-0.05, 0) is 55.5 Å². The Morgan fingerprint density at radius 1 is 1.18 bits per heavy atom. The lowest BCUT2D eigenvalue weighted by molar-refractivity contribution is -0.120. The molecule has 0 radical (unpaired) electrons. The number of nitrogens with zero attached hydrogens (tertiary/aromatic N) is 1.